The topological polar surface area (TPSA) is 58.2 Å². The number of nitrogens with one attached hydrogen (secondary N) is 2. The van der Waals surface area contributed by atoms with Crippen LogP contribution in [0.1, 0.15) is 31.8 Å². The third kappa shape index (κ3) is 5.97. The molecule has 0 saturated carbocycles. The normalized spacial score (nSPS) is 10.5. The van der Waals surface area contributed by atoms with Crippen molar-refractivity contribution < 1.29 is 22.8 Å². The minimum Gasteiger partial charge on any atom is -0.341 e. The molecule has 4 nitrogen and oxygen atoms in total. The van der Waals surface area contributed by atoms with Crippen molar-refractivity contribution in [2.24, 2.45) is 0 Å². The van der Waals surface area contributed by atoms with Crippen LogP contribution in [-0.4, -0.2) is 18.4 Å². The third-order valence-corrected chi connectivity index (χ3v) is 4.22. The lowest BCUT2D eigenvalue weighted by molar-refractivity contribution is -0.137. The van der Waals surface area contributed by atoms with E-state index in [1.807, 2.05) is 0 Å². The van der Waals surface area contributed by atoms with E-state index in [2.05, 4.69) is 22.5 Å². The fourth-order valence-corrected chi connectivity index (χ4v) is 2.71. The van der Waals surface area contributed by atoms with E-state index in [1.54, 1.807) is 54.6 Å². The lowest BCUT2D eigenvalue weighted by atomic mass is 10.1. The first-order valence-electron chi connectivity index (χ1n) is 9.24. The van der Waals surface area contributed by atoms with Gasteiger partial charge in [0.1, 0.15) is 0 Å². The maximum Gasteiger partial charge on any atom is 0.416 e. The van der Waals surface area contributed by atoms with Gasteiger partial charge in [-0.05, 0) is 42.5 Å². The summed E-state index contributed by atoms with van der Waals surface area (Å²) in [5.74, 6) is 4.40. The molecule has 0 saturated heterocycles. The van der Waals surface area contributed by atoms with Crippen molar-refractivity contribution in [3.63, 3.8) is 0 Å². The molecule has 0 heterocycles. The molecule has 0 bridgehead atoms. The van der Waals surface area contributed by atoms with Gasteiger partial charge in [-0.1, -0.05) is 48.2 Å². The Balaban J connectivity index is 1.65. The van der Waals surface area contributed by atoms with Crippen LogP contribution in [0.25, 0.3) is 0 Å². The first-order chi connectivity index (χ1) is 14.8. The van der Waals surface area contributed by atoms with Gasteiger partial charge in [-0.2, -0.15) is 13.2 Å². The maximum absolute atomic E-state index is 12.8. The Morgan fingerprint density at radius 1 is 0.839 bits per heavy atom. The van der Waals surface area contributed by atoms with E-state index in [4.69, 9.17) is 0 Å². The quantitative estimate of drug-likeness (QED) is 0.597. The van der Waals surface area contributed by atoms with Crippen LogP contribution in [0.5, 0.6) is 0 Å². The largest absolute Gasteiger partial charge is 0.416 e. The summed E-state index contributed by atoms with van der Waals surface area (Å²) in [6, 6.07) is 19.7. The smallest absolute Gasteiger partial charge is 0.341 e. The number of benzene rings is 3. The lowest BCUT2D eigenvalue weighted by Crippen LogP contribution is -2.25. The molecule has 0 aliphatic heterocycles. The molecular weight excluding hydrogens is 405 g/mol. The first kappa shape index (κ1) is 21.7. The zero-order valence-corrected chi connectivity index (χ0v) is 16.2. The van der Waals surface area contributed by atoms with E-state index in [0.717, 1.165) is 12.1 Å². The molecule has 0 aliphatic carbocycles. The Kier molecular flexibility index (Phi) is 6.73. The molecule has 0 aliphatic rings. The van der Waals surface area contributed by atoms with Crippen molar-refractivity contribution in [2.45, 2.75) is 6.18 Å². The molecule has 0 atom stereocenters. The fraction of sp³-hybridized carbons (Fsp3) is 0.0833. The van der Waals surface area contributed by atoms with Gasteiger partial charge in [0.2, 0.25) is 0 Å². The van der Waals surface area contributed by atoms with Crippen LogP contribution < -0.4 is 10.6 Å². The second-order valence-electron chi connectivity index (χ2n) is 6.43. The van der Waals surface area contributed by atoms with E-state index in [1.165, 1.54) is 12.1 Å². The van der Waals surface area contributed by atoms with Gasteiger partial charge in [0.15, 0.2) is 0 Å². The van der Waals surface area contributed by atoms with Gasteiger partial charge in [0.25, 0.3) is 11.8 Å². The number of hydrogen-bond acceptors (Lipinski definition) is 2. The summed E-state index contributed by atoms with van der Waals surface area (Å²) in [7, 11) is 0. The van der Waals surface area contributed by atoms with Crippen molar-refractivity contribution >= 4 is 17.5 Å². The molecule has 2 N–H and O–H groups in total. The predicted molar refractivity (Wildman–Crippen MR) is 111 cm³/mol. The molecule has 3 aromatic carbocycles. The standard InChI is InChI=1S/C24H17F3N2O2/c25-24(26,27)19-12-6-8-17(16-19)9-7-15-28-23(31)20-13-4-5-14-21(20)29-22(30)18-10-2-1-3-11-18/h1-6,8,10-14,16H,15H2,(H,28,31)(H,29,30). The summed E-state index contributed by atoms with van der Waals surface area (Å²) >= 11 is 0. The minimum absolute atomic E-state index is 0.0734. The monoisotopic (exact) mass is 422 g/mol. The third-order valence-electron chi connectivity index (χ3n) is 4.22. The van der Waals surface area contributed by atoms with Crippen molar-refractivity contribution in [1.29, 1.82) is 0 Å². The van der Waals surface area contributed by atoms with Gasteiger partial charge in [-0.3, -0.25) is 9.59 Å². The summed E-state index contributed by atoms with van der Waals surface area (Å²) in [5, 5.41) is 5.28. The van der Waals surface area contributed by atoms with Crippen molar-refractivity contribution in [1.82, 2.24) is 5.32 Å². The number of carbonyl (C=O) groups excluding carboxylic acids is 2. The molecule has 2 amide bonds. The number of hydrogen-bond donors (Lipinski definition) is 2. The molecule has 7 heteroatoms. The Labute approximate surface area is 177 Å². The SMILES string of the molecule is O=C(Nc1ccccc1C(=O)NCC#Cc1cccc(C(F)(F)F)c1)c1ccccc1. The molecule has 0 fully saturated rings. The highest BCUT2D eigenvalue weighted by Crippen LogP contribution is 2.29. The molecule has 3 aromatic rings. The molecule has 3 rings (SSSR count). The summed E-state index contributed by atoms with van der Waals surface area (Å²) in [6.45, 7) is -0.0734. The second-order valence-corrected chi connectivity index (χ2v) is 6.43. The lowest BCUT2D eigenvalue weighted by Gasteiger charge is -2.10. The number of halogens is 3. The van der Waals surface area contributed by atoms with Gasteiger partial charge in [-0.15, -0.1) is 0 Å². The maximum atomic E-state index is 12.8. The zero-order valence-electron chi connectivity index (χ0n) is 16.2. The molecule has 156 valence electrons. The van der Waals surface area contributed by atoms with E-state index in [-0.39, 0.29) is 23.6 Å². The minimum atomic E-state index is -4.44. The van der Waals surface area contributed by atoms with E-state index < -0.39 is 17.6 Å². The van der Waals surface area contributed by atoms with Crippen LogP contribution in [-0.2, 0) is 6.18 Å². The molecule has 0 radical (unpaired) electrons. The predicted octanol–water partition coefficient (Wildman–Crippen LogP) is 4.74. The van der Waals surface area contributed by atoms with Gasteiger partial charge in [0.05, 0.1) is 23.4 Å². The Bertz CT molecular complexity index is 1150. The molecule has 0 unspecified atom stereocenters. The van der Waals surface area contributed by atoms with Crippen LogP contribution in [0.15, 0.2) is 78.9 Å². The summed E-state index contributed by atoms with van der Waals surface area (Å²) < 4.78 is 38.3. The average Bonchev–Trinajstić information content (AvgIpc) is 2.77. The van der Waals surface area contributed by atoms with Crippen LogP contribution >= 0.6 is 0 Å². The van der Waals surface area contributed by atoms with Crippen molar-refractivity contribution in [3.05, 3.63) is 101 Å². The second kappa shape index (κ2) is 9.63. The highest BCUT2D eigenvalue weighted by atomic mass is 19.4. The molecule has 0 spiro atoms. The summed E-state index contributed by atoms with van der Waals surface area (Å²) in [6.07, 6.45) is -4.44. The summed E-state index contributed by atoms with van der Waals surface area (Å²) in [4.78, 5) is 24.9. The van der Waals surface area contributed by atoms with E-state index in [0.29, 0.717) is 11.3 Å². The van der Waals surface area contributed by atoms with E-state index in [9.17, 15) is 22.8 Å². The number of alkyl halides is 3. The molecule has 0 aromatic heterocycles. The number of amides is 2. The van der Waals surface area contributed by atoms with Gasteiger partial charge < -0.3 is 10.6 Å². The van der Waals surface area contributed by atoms with Crippen molar-refractivity contribution in [2.75, 3.05) is 11.9 Å². The Hall–Kier alpha value is -4.05. The zero-order chi connectivity index (χ0) is 22.3. The Morgan fingerprint density at radius 3 is 2.29 bits per heavy atom. The van der Waals surface area contributed by atoms with Crippen LogP contribution in [0.2, 0.25) is 0 Å². The molecule has 31 heavy (non-hydrogen) atoms. The first-order valence-corrected chi connectivity index (χ1v) is 9.24. The van der Waals surface area contributed by atoms with Gasteiger partial charge in [-0.25, -0.2) is 0 Å². The number of anilines is 1. The average molecular weight is 422 g/mol. The number of carbonyl (C=O) groups is 2. The van der Waals surface area contributed by atoms with Gasteiger partial charge >= 0.3 is 6.18 Å². The Morgan fingerprint density at radius 2 is 1.55 bits per heavy atom. The highest BCUT2D eigenvalue weighted by molar-refractivity contribution is 6.09. The fourth-order valence-electron chi connectivity index (χ4n) is 2.71. The van der Waals surface area contributed by atoms with Gasteiger partial charge in [0, 0.05) is 11.1 Å². The number of rotatable bonds is 4. The van der Waals surface area contributed by atoms with Crippen molar-refractivity contribution in [3.8, 4) is 11.8 Å². The summed E-state index contributed by atoms with van der Waals surface area (Å²) in [5.41, 5.74) is 0.433. The number of para-hydroxylation sites is 1. The highest BCUT2D eigenvalue weighted by Gasteiger charge is 2.30. The van der Waals surface area contributed by atoms with E-state index >= 15 is 0 Å². The molecular formula is C24H17F3N2O2. The van der Waals surface area contributed by atoms with Crippen LogP contribution in [0.3, 0.4) is 0 Å². The van der Waals surface area contributed by atoms with Crippen LogP contribution in [0.4, 0.5) is 18.9 Å². The van der Waals surface area contributed by atoms with Crippen LogP contribution in [0, 0.1) is 11.8 Å².